The van der Waals surface area contributed by atoms with Crippen molar-refractivity contribution in [3.05, 3.63) is 65.2 Å². The number of cyclic esters (lactones) is 1. The van der Waals surface area contributed by atoms with Crippen molar-refractivity contribution in [1.29, 1.82) is 0 Å². The molecule has 0 aromatic heterocycles. The van der Waals surface area contributed by atoms with Crippen molar-refractivity contribution in [2.75, 3.05) is 32.2 Å². The van der Waals surface area contributed by atoms with Crippen LogP contribution in [0.15, 0.2) is 48.5 Å². The first-order chi connectivity index (χ1) is 16.9. The van der Waals surface area contributed by atoms with Crippen LogP contribution in [0, 0.1) is 6.92 Å². The van der Waals surface area contributed by atoms with Gasteiger partial charge in [-0.15, -0.1) is 0 Å². The second-order valence-corrected chi connectivity index (χ2v) is 8.85. The molecule has 9 nitrogen and oxygen atoms in total. The van der Waals surface area contributed by atoms with Crippen LogP contribution in [-0.2, 0) is 30.3 Å². The lowest BCUT2D eigenvalue weighted by atomic mass is 10.00. The molecule has 2 aromatic carbocycles. The number of methoxy groups -OCH3 is 1. The van der Waals surface area contributed by atoms with Gasteiger partial charge in [-0.3, -0.25) is 14.5 Å². The third-order valence-electron chi connectivity index (χ3n) is 6.13. The maximum absolute atomic E-state index is 13.4. The minimum Gasteiger partial charge on any atom is -0.438 e. The number of nitrogens with one attached hydrogen (secondary N) is 2. The lowest BCUT2D eigenvalue weighted by molar-refractivity contribution is -0.127. The largest absolute Gasteiger partial charge is 0.438 e. The standard InChI is InChI=1S/C26H31N3O6/c1-17-8-10-18(11-9-17)15-29-23(25(31)27-14-21-7-4-12-34-21)24(35-26(29)32)19-5-3-6-20(13-19)28-22(30)16-33-2/h3,5-6,8-11,13,21,23-24H,4,7,12,14-16H2,1-2H3,(H,27,31)(H,28,30). The molecule has 0 aliphatic carbocycles. The average molecular weight is 482 g/mol. The maximum atomic E-state index is 13.4. The number of aryl methyl sites for hydroxylation is 1. The van der Waals surface area contributed by atoms with Crippen LogP contribution in [0.4, 0.5) is 10.5 Å². The Morgan fingerprint density at radius 1 is 1.17 bits per heavy atom. The Labute approximate surface area is 204 Å². The molecule has 2 aliphatic rings. The minimum atomic E-state index is -0.880. The second kappa shape index (κ2) is 11.3. The highest BCUT2D eigenvalue weighted by Crippen LogP contribution is 2.35. The van der Waals surface area contributed by atoms with E-state index in [4.69, 9.17) is 14.2 Å². The smallest absolute Gasteiger partial charge is 0.411 e. The van der Waals surface area contributed by atoms with Crippen molar-refractivity contribution < 1.29 is 28.6 Å². The SMILES string of the molecule is COCC(=O)Nc1cccc(C2OC(=O)N(Cc3ccc(C)cc3)C2C(=O)NCC2CCCO2)c1. The Morgan fingerprint density at radius 2 is 1.97 bits per heavy atom. The Hall–Kier alpha value is -3.43. The van der Waals surface area contributed by atoms with Gasteiger partial charge in [-0.2, -0.15) is 0 Å². The first-order valence-electron chi connectivity index (χ1n) is 11.8. The number of rotatable bonds is 9. The highest BCUT2D eigenvalue weighted by atomic mass is 16.6. The van der Waals surface area contributed by atoms with Crippen molar-refractivity contribution in [3.63, 3.8) is 0 Å². The number of nitrogens with zero attached hydrogens (tertiary/aromatic N) is 1. The number of carbonyl (C=O) groups excluding carboxylic acids is 3. The molecule has 0 spiro atoms. The number of anilines is 1. The van der Waals surface area contributed by atoms with Gasteiger partial charge in [-0.05, 0) is 43.0 Å². The Kier molecular flexibility index (Phi) is 7.99. The van der Waals surface area contributed by atoms with Gasteiger partial charge < -0.3 is 24.8 Å². The third kappa shape index (κ3) is 6.17. The van der Waals surface area contributed by atoms with Gasteiger partial charge in [-0.25, -0.2) is 4.79 Å². The fourth-order valence-corrected chi connectivity index (χ4v) is 4.35. The van der Waals surface area contributed by atoms with Crippen LogP contribution in [-0.4, -0.2) is 61.8 Å². The third-order valence-corrected chi connectivity index (χ3v) is 6.13. The molecule has 2 fully saturated rings. The minimum absolute atomic E-state index is 0.0275. The van der Waals surface area contributed by atoms with Crippen LogP contribution >= 0.6 is 0 Å². The first kappa shape index (κ1) is 24.7. The topological polar surface area (TPSA) is 106 Å². The van der Waals surface area contributed by atoms with E-state index in [0.717, 1.165) is 24.0 Å². The zero-order valence-corrected chi connectivity index (χ0v) is 20.0. The molecule has 2 N–H and O–H groups in total. The van der Waals surface area contributed by atoms with Crippen LogP contribution in [0.3, 0.4) is 0 Å². The molecule has 0 radical (unpaired) electrons. The summed E-state index contributed by atoms with van der Waals surface area (Å²) in [5.74, 6) is -0.614. The van der Waals surface area contributed by atoms with Crippen molar-refractivity contribution in [1.82, 2.24) is 10.2 Å². The quantitative estimate of drug-likeness (QED) is 0.571. The summed E-state index contributed by atoms with van der Waals surface area (Å²) in [7, 11) is 1.44. The monoisotopic (exact) mass is 481 g/mol. The van der Waals surface area contributed by atoms with Crippen molar-refractivity contribution >= 4 is 23.6 Å². The number of amides is 3. The Balaban J connectivity index is 1.57. The summed E-state index contributed by atoms with van der Waals surface area (Å²) in [5.41, 5.74) is 3.13. The van der Waals surface area contributed by atoms with E-state index in [1.807, 2.05) is 31.2 Å². The van der Waals surface area contributed by atoms with Gasteiger partial charge in [0.15, 0.2) is 12.1 Å². The van der Waals surface area contributed by atoms with Gasteiger partial charge >= 0.3 is 6.09 Å². The average Bonchev–Trinajstić information content (AvgIpc) is 3.47. The highest BCUT2D eigenvalue weighted by Gasteiger charge is 2.47. The fraction of sp³-hybridized carbons (Fsp3) is 0.423. The fourth-order valence-electron chi connectivity index (χ4n) is 4.35. The molecule has 2 aromatic rings. The summed E-state index contributed by atoms with van der Waals surface area (Å²) in [6, 6.07) is 13.9. The summed E-state index contributed by atoms with van der Waals surface area (Å²) in [4.78, 5) is 39.8. The first-order valence-corrected chi connectivity index (χ1v) is 11.8. The summed E-state index contributed by atoms with van der Waals surface area (Å²) in [6.45, 7) is 3.21. The number of carbonyl (C=O) groups is 3. The van der Waals surface area contributed by atoms with E-state index in [1.165, 1.54) is 12.0 Å². The predicted molar refractivity (Wildman–Crippen MR) is 129 cm³/mol. The van der Waals surface area contributed by atoms with Crippen molar-refractivity contribution in [2.24, 2.45) is 0 Å². The van der Waals surface area contributed by atoms with E-state index in [2.05, 4.69) is 10.6 Å². The molecule has 2 saturated heterocycles. The van der Waals surface area contributed by atoms with Gasteiger partial charge in [0.2, 0.25) is 11.8 Å². The van der Waals surface area contributed by atoms with E-state index >= 15 is 0 Å². The maximum Gasteiger partial charge on any atom is 0.411 e. The number of benzene rings is 2. The number of ether oxygens (including phenoxy) is 3. The van der Waals surface area contributed by atoms with E-state index in [0.29, 0.717) is 24.4 Å². The van der Waals surface area contributed by atoms with E-state index in [9.17, 15) is 14.4 Å². The zero-order chi connectivity index (χ0) is 24.8. The number of hydrogen-bond donors (Lipinski definition) is 2. The van der Waals surface area contributed by atoms with E-state index in [-0.39, 0.29) is 31.1 Å². The normalized spacial score (nSPS) is 21.6. The van der Waals surface area contributed by atoms with Gasteiger partial charge in [0, 0.05) is 25.9 Å². The molecule has 35 heavy (non-hydrogen) atoms. The zero-order valence-electron chi connectivity index (χ0n) is 20.0. The molecule has 3 amide bonds. The predicted octanol–water partition coefficient (Wildman–Crippen LogP) is 2.94. The lowest BCUT2D eigenvalue weighted by Gasteiger charge is -2.25. The molecule has 3 unspecified atom stereocenters. The van der Waals surface area contributed by atoms with Gasteiger partial charge in [0.25, 0.3) is 0 Å². The van der Waals surface area contributed by atoms with Crippen molar-refractivity contribution in [3.8, 4) is 0 Å². The molecule has 186 valence electrons. The molecule has 3 atom stereocenters. The van der Waals surface area contributed by atoms with Crippen LogP contribution in [0.2, 0.25) is 0 Å². The summed E-state index contributed by atoms with van der Waals surface area (Å²) >= 11 is 0. The molecule has 0 saturated carbocycles. The molecule has 9 heteroatoms. The molecule has 2 heterocycles. The van der Waals surface area contributed by atoms with Crippen LogP contribution < -0.4 is 10.6 Å². The van der Waals surface area contributed by atoms with Crippen LogP contribution in [0.5, 0.6) is 0 Å². The number of hydrogen-bond acceptors (Lipinski definition) is 6. The molecular formula is C26H31N3O6. The van der Waals surface area contributed by atoms with E-state index in [1.54, 1.807) is 24.3 Å². The molecular weight excluding hydrogens is 450 g/mol. The Bertz CT molecular complexity index is 1050. The van der Waals surface area contributed by atoms with E-state index < -0.39 is 18.2 Å². The van der Waals surface area contributed by atoms with Gasteiger partial charge in [-0.1, -0.05) is 42.0 Å². The second-order valence-electron chi connectivity index (χ2n) is 8.85. The van der Waals surface area contributed by atoms with Crippen LogP contribution in [0.1, 0.15) is 35.6 Å². The van der Waals surface area contributed by atoms with Crippen LogP contribution in [0.25, 0.3) is 0 Å². The lowest BCUT2D eigenvalue weighted by Crippen LogP contribution is -2.47. The van der Waals surface area contributed by atoms with Gasteiger partial charge in [0.05, 0.1) is 12.6 Å². The summed E-state index contributed by atoms with van der Waals surface area (Å²) in [6.07, 6.45) is 0.425. The highest BCUT2D eigenvalue weighted by molar-refractivity contribution is 5.92. The Morgan fingerprint density at radius 3 is 2.69 bits per heavy atom. The summed E-state index contributed by atoms with van der Waals surface area (Å²) in [5, 5.41) is 5.70. The van der Waals surface area contributed by atoms with Crippen molar-refractivity contribution in [2.45, 2.75) is 44.6 Å². The summed E-state index contributed by atoms with van der Waals surface area (Å²) < 4.78 is 16.2. The molecule has 4 rings (SSSR count). The molecule has 2 aliphatic heterocycles. The molecule has 0 bridgehead atoms. The van der Waals surface area contributed by atoms with Gasteiger partial charge in [0.1, 0.15) is 6.61 Å².